The Bertz CT molecular complexity index is 763. The molecule has 164 valence electrons. The molecule has 1 N–H and O–H groups in total. The molecule has 2 aliphatic carbocycles. The Kier molecular flexibility index (Phi) is 6.96. The summed E-state index contributed by atoms with van der Waals surface area (Å²) in [6, 6.07) is 5.80. The second-order valence-corrected chi connectivity index (χ2v) is 7.28. The van der Waals surface area contributed by atoms with E-state index in [2.05, 4.69) is 17.1 Å². The van der Waals surface area contributed by atoms with Gasteiger partial charge >= 0.3 is 12.1 Å². The lowest BCUT2D eigenvalue weighted by molar-refractivity contribution is -0.192. The maximum Gasteiger partial charge on any atom is 0.490 e. The first-order valence-corrected chi connectivity index (χ1v) is 9.72. The van der Waals surface area contributed by atoms with Crippen LogP contribution in [0.15, 0.2) is 36.5 Å². The van der Waals surface area contributed by atoms with Crippen LogP contribution in [0.1, 0.15) is 25.7 Å². The van der Waals surface area contributed by atoms with Crippen molar-refractivity contribution in [1.29, 1.82) is 0 Å². The summed E-state index contributed by atoms with van der Waals surface area (Å²) in [5.74, 6) is -1.71. The van der Waals surface area contributed by atoms with Crippen LogP contribution in [0.25, 0.3) is 0 Å². The van der Waals surface area contributed by atoms with Crippen LogP contribution in [-0.4, -0.2) is 64.4 Å². The lowest BCUT2D eigenvalue weighted by atomic mass is 10.0. The fourth-order valence-corrected chi connectivity index (χ4v) is 3.94. The Morgan fingerprint density at radius 1 is 1.20 bits per heavy atom. The molecular weight excluding hydrogens is 405 g/mol. The number of halogens is 3. The molecule has 0 spiro atoms. The first-order chi connectivity index (χ1) is 14.3. The standard InChI is InChI=1S/C18H22N2O3.C2HF3O2/c21-18(13-5-1-2-6-13)20-11-12-22-17-14(20)8-9-15(17)23-16-7-3-4-10-19-16;3-2(4,5)1(6)7/h1-4,7,10,13-15,17H,5-6,8-9,11-12H2;(H,6,7)/t14-,15+,17+;/m0./s1. The summed E-state index contributed by atoms with van der Waals surface area (Å²) in [4.78, 5) is 28.0. The Balaban J connectivity index is 0.000000318. The van der Waals surface area contributed by atoms with Gasteiger partial charge in [-0.3, -0.25) is 4.79 Å². The lowest BCUT2D eigenvalue weighted by Gasteiger charge is -2.40. The van der Waals surface area contributed by atoms with Crippen molar-refractivity contribution in [2.45, 2.75) is 50.1 Å². The lowest BCUT2D eigenvalue weighted by Crippen LogP contribution is -2.55. The molecule has 1 aliphatic heterocycles. The number of allylic oxidation sites excluding steroid dienone is 2. The number of carboxylic acid groups (broad SMARTS) is 1. The van der Waals surface area contributed by atoms with Gasteiger partial charge in [0, 0.05) is 24.7 Å². The summed E-state index contributed by atoms with van der Waals surface area (Å²) in [6.45, 7) is 1.29. The van der Waals surface area contributed by atoms with E-state index < -0.39 is 12.1 Å². The zero-order valence-corrected chi connectivity index (χ0v) is 16.1. The normalized spacial score (nSPS) is 26.0. The second-order valence-electron chi connectivity index (χ2n) is 7.28. The predicted molar refractivity (Wildman–Crippen MR) is 98.7 cm³/mol. The van der Waals surface area contributed by atoms with Gasteiger partial charge < -0.3 is 19.5 Å². The van der Waals surface area contributed by atoms with Crippen molar-refractivity contribution in [2.75, 3.05) is 13.2 Å². The summed E-state index contributed by atoms with van der Waals surface area (Å²) >= 11 is 0. The third-order valence-electron chi connectivity index (χ3n) is 5.33. The topological polar surface area (TPSA) is 89.0 Å². The number of aromatic nitrogens is 1. The first-order valence-electron chi connectivity index (χ1n) is 9.72. The summed E-state index contributed by atoms with van der Waals surface area (Å²) in [7, 11) is 0. The minimum absolute atomic E-state index is 0.0211. The van der Waals surface area contributed by atoms with Gasteiger partial charge in [0.05, 0.1) is 12.6 Å². The van der Waals surface area contributed by atoms with E-state index in [-0.39, 0.29) is 30.1 Å². The van der Waals surface area contributed by atoms with Crippen molar-refractivity contribution in [2.24, 2.45) is 5.92 Å². The molecule has 0 unspecified atom stereocenters. The average molecular weight is 428 g/mol. The van der Waals surface area contributed by atoms with E-state index in [1.54, 1.807) is 6.20 Å². The summed E-state index contributed by atoms with van der Waals surface area (Å²) in [5.41, 5.74) is 0. The fraction of sp³-hybridized carbons (Fsp3) is 0.550. The fourth-order valence-electron chi connectivity index (χ4n) is 3.94. The zero-order valence-electron chi connectivity index (χ0n) is 16.1. The van der Waals surface area contributed by atoms with E-state index in [9.17, 15) is 18.0 Å². The van der Waals surface area contributed by atoms with Crippen LogP contribution in [0, 0.1) is 5.92 Å². The second kappa shape index (κ2) is 9.46. The number of hydrogen-bond donors (Lipinski definition) is 1. The monoisotopic (exact) mass is 428 g/mol. The highest BCUT2D eigenvalue weighted by Gasteiger charge is 2.46. The molecule has 1 aromatic rings. The van der Waals surface area contributed by atoms with Crippen molar-refractivity contribution in [3.05, 3.63) is 36.5 Å². The van der Waals surface area contributed by atoms with E-state index in [0.29, 0.717) is 19.0 Å². The molecule has 3 aliphatic rings. The van der Waals surface area contributed by atoms with Crippen molar-refractivity contribution >= 4 is 11.9 Å². The molecule has 30 heavy (non-hydrogen) atoms. The van der Waals surface area contributed by atoms with E-state index in [4.69, 9.17) is 19.4 Å². The highest BCUT2D eigenvalue weighted by atomic mass is 19.4. The molecule has 0 radical (unpaired) electrons. The number of pyridine rings is 1. The molecule has 1 aromatic heterocycles. The molecule has 3 atom stereocenters. The molecule has 4 rings (SSSR count). The molecule has 0 aromatic carbocycles. The third-order valence-corrected chi connectivity index (χ3v) is 5.33. The van der Waals surface area contributed by atoms with Crippen LogP contribution in [-0.2, 0) is 14.3 Å². The number of carboxylic acids is 1. The SMILES string of the molecule is O=C(C1CC=CC1)N1CCO[C@H]2[C@H](Oc3ccccn3)CC[C@@H]21.O=C(O)C(F)(F)F. The van der Waals surface area contributed by atoms with Gasteiger partial charge in [0.15, 0.2) is 0 Å². The van der Waals surface area contributed by atoms with Crippen LogP contribution >= 0.6 is 0 Å². The van der Waals surface area contributed by atoms with Gasteiger partial charge in [0.2, 0.25) is 11.8 Å². The minimum Gasteiger partial charge on any atom is -0.475 e. The van der Waals surface area contributed by atoms with Crippen LogP contribution in [0.3, 0.4) is 0 Å². The molecule has 1 saturated heterocycles. The van der Waals surface area contributed by atoms with Crippen molar-refractivity contribution in [3.8, 4) is 5.88 Å². The molecular formula is C20H23F3N2O5. The molecule has 2 heterocycles. The van der Waals surface area contributed by atoms with Crippen molar-refractivity contribution in [1.82, 2.24) is 9.88 Å². The molecule has 2 fully saturated rings. The number of amides is 1. The van der Waals surface area contributed by atoms with E-state index in [0.717, 1.165) is 25.7 Å². The van der Waals surface area contributed by atoms with Gasteiger partial charge in [0.1, 0.15) is 12.2 Å². The molecule has 1 saturated carbocycles. The average Bonchev–Trinajstić information content (AvgIpc) is 3.38. The molecule has 10 heteroatoms. The Morgan fingerprint density at radius 2 is 1.90 bits per heavy atom. The van der Waals surface area contributed by atoms with Gasteiger partial charge in [-0.15, -0.1) is 0 Å². The molecule has 1 amide bonds. The highest BCUT2D eigenvalue weighted by molar-refractivity contribution is 5.80. The zero-order chi connectivity index (χ0) is 21.7. The number of fused-ring (bicyclic) bond motifs is 1. The smallest absolute Gasteiger partial charge is 0.475 e. The number of ether oxygens (including phenoxy) is 2. The van der Waals surface area contributed by atoms with Crippen LogP contribution in [0.5, 0.6) is 5.88 Å². The number of carbonyl (C=O) groups is 2. The number of carbonyl (C=O) groups excluding carboxylic acids is 1. The van der Waals surface area contributed by atoms with Gasteiger partial charge in [0.25, 0.3) is 0 Å². The third kappa shape index (κ3) is 5.29. The van der Waals surface area contributed by atoms with Gasteiger partial charge in [-0.05, 0) is 31.7 Å². The molecule has 7 nitrogen and oxygen atoms in total. The minimum atomic E-state index is -5.08. The van der Waals surface area contributed by atoms with E-state index in [1.807, 2.05) is 23.1 Å². The van der Waals surface area contributed by atoms with Crippen LogP contribution < -0.4 is 4.74 Å². The maximum atomic E-state index is 12.8. The molecule has 0 bridgehead atoms. The number of aliphatic carboxylic acids is 1. The quantitative estimate of drug-likeness (QED) is 0.745. The Hall–Kier alpha value is -2.62. The first kappa shape index (κ1) is 22.1. The number of morpholine rings is 1. The summed E-state index contributed by atoms with van der Waals surface area (Å²) < 4.78 is 43.7. The van der Waals surface area contributed by atoms with E-state index in [1.165, 1.54) is 0 Å². The Morgan fingerprint density at radius 3 is 2.50 bits per heavy atom. The van der Waals surface area contributed by atoms with Crippen LogP contribution in [0.4, 0.5) is 13.2 Å². The predicted octanol–water partition coefficient (Wildman–Crippen LogP) is 2.82. The van der Waals surface area contributed by atoms with Crippen molar-refractivity contribution < 1.29 is 37.3 Å². The number of hydrogen-bond acceptors (Lipinski definition) is 5. The number of nitrogens with zero attached hydrogens (tertiary/aromatic N) is 2. The summed E-state index contributed by atoms with van der Waals surface area (Å²) in [6.07, 6.45) is 4.41. The van der Waals surface area contributed by atoms with Gasteiger partial charge in [-0.1, -0.05) is 18.2 Å². The highest BCUT2D eigenvalue weighted by Crippen LogP contribution is 2.34. The number of rotatable bonds is 3. The van der Waals surface area contributed by atoms with Crippen LogP contribution in [0.2, 0.25) is 0 Å². The number of alkyl halides is 3. The largest absolute Gasteiger partial charge is 0.490 e. The summed E-state index contributed by atoms with van der Waals surface area (Å²) in [5, 5.41) is 7.12. The van der Waals surface area contributed by atoms with Crippen molar-refractivity contribution in [3.63, 3.8) is 0 Å². The van der Waals surface area contributed by atoms with E-state index >= 15 is 0 Å². The Labute approximate surface area is 171 Å². The van der Waals surface area contributed by atoms with Gasteiger partial charge in [-0.25, -0.2) is 9.78 Å². The maximum absolute atomic E-state index is 12.8. The van der Waals surface area contributed by atoms with Gasteiger partial charge in [-0.2, -0.15) is 13.2 Å².